The first kappa shape index (κ1) is 26.3. The molecular formula is C24H20F4N6O4. The Balaban J connectivity index is 1.58. The summed E-state index contributed by atoms with van der Waals surface area (Å²) in [6, 6.07) is 7.58. The van der Waals surface area contributed by atoms with Crippen LogP contribution >= 0.6 is 0 Å². The summed E-state index contributed by atoms with van der Waals surface area (Å²) in [4.78, 5) is 32.6. The van der Waals surface area contributed by atoms with Crippen LogP contribution in [0.3, 0.4) is 0 Å². The van der Waals surface area contributed by atoms with Gasteiger partial charge in [0, 0.05) is 30.8 Å². The van der Waals surface area contributed by atoms with E-state index < -0.39 is 24.5 Å². The van der Waals surface area contributed by atoms with Gasteiger partial charge in [-0.25, -0.2) is 27.7 Å². The maximum absolute atomic E-state index is 13.8. The molecule has 0 aliphatic heterocycles. The number of methoxy groups -OCH3 is 1. The van der Waals surface area contributed by atoms with Crippen LogP contribution in [0.1, 0.15) is 22.8 Å². The minimum absolute atomic E-state index is 0.00807. The highest BCUT2D eigenvalue weighted by atomic mass is 19.3. The zero-order valence-electron chi connectivity index (χ0n) is 19.9. The number of alkyl halides is 3. The summed E-state index contributed by atoms with van der Waals surface area (Å²) in [5.41, 5.74) is 1.24. The SMILES string of the molecule is COc1ncc(-c2ccc3nc(NC(C)=O)cn3n2)cc1C(=O)NCc1cc(F)ccc1OC(F)C(F)F. The Bertz CT molecular complexity index is 1500. The van der Waals surface area contributed by atoms with Gasteiger partial charge < -0.3 is 20.1 Å². The number of pyridine rings is 1. The van der Waals surface area contributed by atoms with Crippen LogP contribution in [-0.4, -0.2) is 51.3 Å². The van der Waals surface area contributed by atoms with E-state index in [-0.39, 0.29) is 35.2 Å². The first-order chi connectivity index (χ1) is 18.1. The lowest BCUT2D eigenvalue weighted by atomic mass is 10.1. The van der Waals surface area contributed by atoms with Crippen LogP contribution in [0, 0.1) is 5.82 Å². The van der Waals surface area contributed by atoms with Crippen molar-refractivity contribution in [3.05, 3.63) is 65.7 Å². The number of nitrogens with one attached hydrogen (secondary N) is 2. The van der Waals surface area contributed by atoms with E-state index in [0.29, 0.717) is 22.7 Å². The Morgan fingerprint density at radius 2 is 1.92 bits per heavy atom. The number of aromatic nitrogens is 4. The van der Waals surface area contributed by atoms with Crippen molar-refractivity contribution in [1.29, 1.82) is 0 Å². The minimum atomic E-state index is -3.41. The predicted molar refractivity (Wildman–Crippen MR) is 126 cm³/mol. The molecule has 0 saturated heterocycles. The molecule has 14 heteroatoms. The number of hydrogen-bond donors (Lipinski definition) is 2. The molecule has 3 aromatic heterocycles. The second-order valence-electron chi connectivity index (χ2n) is 7.85. The molecule has 1 unspecified atom stereocenters. The molecular weight excluding hydrogens is 512 g/mol. The number of nitrogens with zero attached hydrogens (tertiary/aromatic N) is 4. The van der Waals surface area contributed by atoms with Gasteiger partial charge in [0.15, 0.2) is 11.5 Å². The number of amides is 2. The Morgan fingerprint density at radius 3 is 2.63 bits per heavy atom. The molecule has 2 amide bonds. The van der Waals surface area contributed by atoms with E-state index >= 15 is 0 Å². The zero-order chi connectivity index (χ0) is 27.4. The molecule has 3 heterocycles. The number of halogens is 4. The number of benzene rings is 1. The van der Waals surface area contributed by atoms with Gasteiger partial charge in [-0.05, 0) is 36.4 Å². The molecule has 0 radical (unpaired) electrons. The van der Waals surface area contributed by atoms with Gasteiger partial charge in [-0.3, -0.25) is 9.59 Å². The fourth-order valence-electron chi connectivity index (χ4n) is 3.44. The molecule has 0 aliphatic rings. The van der Waals surface area contributed by atoms with E-state index in [0.717, 1.165) is 18.2 Å². The van der Waals surface area contributed by atoms with Crippen molar-refractivity contribution in [2.75, 3.05) is 12.4 Å². The molecule has 0 fully saturated rings. The van der Waals surface area contributed by atoms with Gasteiger partial charge in [0.1, 0.15) is 17.1 Å². The van der Waals surface area contributed by atoms with Gasteiger partial charge in [-0.2, -0.15) is 9.49 Å². The van der Waals surface area contributed by atoms with Gasteiger partial charge in [0.25, 0.3) is 12.3 Å². The highest BCUT2D eigenvalue weighted by molar-refractivity contribution is 5.97. The largest absolute Gasteiger partial charge is 0.480 e. The lowest BCUT2D eigenvalue weighted by Gasteiger charge is -2.15. The molecule has 198 valence electrons. The third-order valence-electron chi connectivity index (χ3n) is 5.11. The molecule has 0 saturated carbocycles. The first-order valence-electron chi connectivity index (χ1n) is 11.0. The smallest absolute Gasteiger partial charge is 0.304 e. The van der Waals surface area contributed by atoms with Crippen molar-refractivity contribution in [1.82, 2.24) is 24.9 Å². The summed E-state index contributed by atoms with van der Waals surface area (Å²) in [5.74, 6) is -1.80. The molecule has 4 aromatic rings. The fourth-order valence-corrected chi connectivity index (χ4v) is 3.44. The number of carbonyl (C=O) groups excluding carboxylic acids is 2. The Kier molecular flexibility index (Phi) is 7.69. The Hall–Kier alpha value is -4.75. The molecule has 1 aromatic carbocycles. The summed E-state index contributed by atoms with van der Waals surface area (Å²) in [6.45, 7) is 0.974. The van der Waals surface area contributed by atoms with E-state index in [1.165, 1.54) is 37.0 Å². The summed E-state index contributed by atoms with van der Waals surface area (Å²) in [7, 11) is 1.31. The zero-order valence-corrected chi connectivity index (χ0v) is 19.9. The number of carbonyl (C=O) groups is 2. The van der Waals surface area contributed by atoms with Crippen LogP contribution in [0.15, 0.2) is 48.8 Å². The number of imidazole rings is 1. The van der Waals surface area contributed by atoms with Crippen LogP contribution in [0.5, 0.6) is 11.6 Å². The van der Waals surface area contributed by atoms with Crippen LogP contribution in [0.25, 0.3) is 16.9 Å². The molecule has 1 atom stereocenters. The highest BCUT2D eigenvalue weighted by Crippen LogP contribution is 2.26. The fraction of sp³-hybridized carbons (Fsp3) is 0.208. The van der Waals surface area contributed by atoms with E-state index in [1.807, 2.05) is 0 Å². The van der Waals surface area contributed by atoms with Crippen LogP contribution in [0.2, 0.25) is 0 Å². The average Bonchev–Trinajstić information content (AvgIpc) is 3.28. The lowest BCUT2D eigenvalue weighted by molar-refractivity contribution is -0.114. The number of hydrogen-bond acceptors (Lipinski definition) is 7. The number of rotatable bonds is 9. The second kappa shape index (κ2) is 11.1. The monoisotopic (exact) mass is 532 g/mol. The summed E-state index contributed by atoms with van der Waals surface area (Å²) in [5, 5.41) is 9.48. The minimum Gasteiger partial charge on any atom is -0.480 e. The van der Waals surface area contributed by atoms with Gasteiger partial charge in [0.2, 0.25) is 11.8 Å². The van der Waals surface area contributed by atoms with Gasteiger partial charge >= 0.3 is 6.43 Å². The van der Waals surface area contributed by atoms with Crippen LogP contribution in [-0.2, 0) is 11.3 Å². The summed E-state index contributed by atoms with van der Waals surface area (Å²) < 4.78 is 63.5. The lowest BCUT2D eigenvalue weighted by Crippen LogP contribution is -2.25. The molecule has 38 heavy (non-hydrogen) atoms. The number of ether oxygens (including phenoxy) is 2. The van der Waals surface area contributed by atoms with Crippen molar-refractivity contribution in [2.24, 2.45) is 0 Å². The topological polar surface area (TPSA) is 120 Å². The quantitative estimate of drug-likeness (QED) is 0.315. The molecule has 2 N–H and O–H groups in total. The van der Waals surface area contributed by atoms with Gasteiger partial charge in [-0.1, -0.05) is 0 Å². The predicted octanol–water partition coefficient (Wildman–Crippen LogP) is 3.77. The summed E-state index contributed by atoms with van der Waals surface area (Å²) >= 11 is 0. The van der Waals surface area contributed by atoms with Gasteiger partial charge in [0.05, 0.1) is 19.0 Å². The van der Waals surface area contributed by atoms with Gasteiger partial charge in [-0.15, -0.1) is 0 Å². The third kappa shape index (κ3) is 5.96. The highest BCUT2D eigenvalue weighted by Gasteiger charge is 2.23. The second-order valence-corrected chi connectivity index (χ2v) is 7.85. The molecule has 0 spiro atoms. The standard InChI is InChI=1S/C24H20F4N6O4/c1-12(35)31-19-11-34-20(32-19)6-4-17(33-34)13-8-16(24(37-2)30-9-13)23(36)29-10-14-7-15(25)3-5-18(14)38-22(28)21(26)27/h3-9,11,21-22H,10H2,1-2H3,(H,29,36)(H,31,35). The van der Waals surface area contributed by atoms with Crippen molar-refractivity contribution in [2.45, 2.75) is 26.3 Å². The first-order valence-corrected chi connectivity index (χ1v) is 11.0. The van der Waals surface area contributed by atoms with Crippen molar-refractivity contribution >= 4 is 23.3 Å². The van der Waals surface area contributed by atoms with Crippen molar-refractivity contribution in [3.63, 3.8) is 0 Å². The molecule has 10 nitrogen and oxygen atoms in total. The van der Waals surface area contributed by atoms with Crippen molar-refractivity contribution in [3.8, 4) is 22.9 Å². The van der Waals surface area contributed by atoms with E-state index in [1.54, 1.807) is 12.1 Å². The molecule has 4 rings (SSSR count). The van der Waals surface area contributed by atoms with E-state index in [4.69, 9.17) is 4.74 Å². The number of anilines is 1. The Labute approximate surface area is 212 Å². The normalized spacial score (nSPS) is 11.9. The molecule has 0 aliphatic carbocycles. The third-order valence-corrected chi connectivity index (χ3v) is 5.11. The summed E-state index contributed by atoms with van der Waals surface area (Å²) in [6.07, 6.45) is -3.39. The number of fused-ring (bicyclic) bond motifs is 1. The molecule has 0 bridgehead atoms. The average molecular weight is 532 g/mol. The van der Waals surface area contributed by atoms with E-state index in [9.17, 15) is 27.2 Å². The maximum atomic E-state index is 13.8. The maximum Gasteiger partial charge on any atom is 0.304 e. The van der Waals surface area contributed by atoms with Crippen molar-refractivity contribution < 1.29 is 36.6 Å². The van der Waals surface area contributed by atoms with E-state index in [2.05, 4.69) is 30.4 Å². The Morgan fingerprint density at radius 1 is 1.13 bits per heavy atom. The van der Waals surface area contributed by atoms with Crippen LogP contribution < -0.4 is 20.1 Å². The van der Waals surface area contributed by atoms with Crippen LogP contribution in [0.4, 0.5) is 23.4 Å².